The highest BCUT2D eigenvalue weighted by Crippen LogP contribution is 2.29. The van der Waals surface area contributed by atoms with Crippen LogP contribution in [0.25, 0.3) is 0 Å². The minimum atomic E-state index is -0.452. The van der Waals surface area contributed by atoms with Crippen molar-refractivity contribution in [2.45, 2.75) is 6.92 Å². The van der Waals surface area contributed by atoms with Crippen LogP contribution in [-0.2, 0) is 0 Å². The Morgan fingerprint density at radius 1 is 1.44 bits per heavy atom. The lowest BCUT2D eigenvalue weighted by molar-refractivity contribution is -0.385. The molecule has 1 aromatic rings. The maximum Gasteiger partial charge on any atom is 0.311 e. The molecule has 100 valence electrons. The number of methoxy groups -OCH3 is 1. The molecule has 0 amide bonds. The summed E-state index contributed by atoms with van der Waals surface area (Å²) in [6.07, 6.45) is 0. The first kappa shape index (κ1) is 14.2. The third-order valence-electron chi connectivity index (χ3n) is 2.58. The van der Waals surface area contributed by atoms with E-state index in [0.29, 0.717) is 5.92 Å². The summed E-state index contributed by atoms with van der Waals surface area (Å²) in [5, 5.41) is 17.1. The van der Waals surface area contributed by atoms with Crippen molar-refractivity contribution in [1.29, 1.82) is 0 Å². The van der Waals surface area contributed by atoms with E-state index in [2.05, 4.69) is 17.6 Å². The van der Waals surface area contributed by atoms with Crippen molar-refractivity contribution in [2.75, 3.05) is 32.6 Å². The van der Waals surface area contributed by atoms with E-state index in [1.165, 1.54) is 13.2 Å². The summed E-state index contributed by atoms with van der Waals surface area (Å²) in [5.41, 5.74) is 0.798. The van der Waals surface area contributed by atoms with Crippen molar-refractivity contribution in [1.82, 2.24) is 5.32 Å². The zero-order valence-electron chi connectivity index (χ0n) is 10.9. The first-order valence-corrected chi connectivity index (χ1v) is 5.79. The minimum absolute atomic E-state index is 0.0219. The van der Waals surface area contributed by atoms with E-state index in [1.54, 1.807) is 12.1 Å². The van der Waals surface area contributed by atoms with Gasteiger partial charge in [-0.3, -0.25) is 10.1 Å². The molecule has 1 rings (SSSR count). The first-order valence-electron chi connectivity index (χ1n) is 5.79. The van der Waals surface area contributed by atoms with Crippen LogP contribution in [0.15, 0.2) is 18.2 Å². The van der Waals surface area contributed by atoms with Gasteiger partial charge in [0.15, 0.2) is 5.75 Å². The van der Waals surface area contributed by atoms with E-state index in [0.717, 1.165) is 18.8 Å². The Morgan fingerprint density at radius 3 is 2.72 bits per heavy atom. The van der Waals surface area contributed by atoms with E-state index < -0.39 is 4.92 Å². The van der Waals surface area contributed by atoms with Gasteiger partial charge in [0.1, 0.15) is 0 Å². The number of benzene rings is 1. The van der Waals surface area contributed by atoms with Crippen LogP contribution in [0.1, 0.15) is 6.92 Å². The first-order chi connectivity index (χ1) is 8.58. The van der Waals surface area contributed by atoms with Gasteiger partial charge in [0.05, 0.1) is 12.0 Å². The molecule has 0 spiro atoms. The number of ether oxygens (including phenoxy) is 1. The van der Waals surface area contributed by atoms with Crippen LogP contribution < -0.4 is 15.4 Å². The van der Waals surface area contributed by atoms with Gasteiger partial charge in [0, 0.05) is 24.4 Å². The van der Waals surface area contributed by atoms with E-state index >= 15 is 0 Å². The Bertz CT molecular complexity index is 410. The predicted molar refractivity (Wildman–Crippen MR) is 71.2 cm³/mol. The van der Waals surface area contributed by atoms with Crippen molar-refractivity contribution in [3.63, 3.8) is 0 Å². The average Bonchev–Trinajstić information content (AvgIpc) is 2.36. The molecule has 0 heterocycles. The van der Waals surface area contributed by atoms with Gasteiger partial charge < -0.3 is 15.4 Å². The quantitative estimate of drug-likeness (QED) is 0.573. The second-order valence-electron chi connectivity index (χ2n) is 4.19. The highest BCUT2D eigenvalue weighted by molar-refractivity contribution is 5.57. The molecule has 0 saturated heterocycles. The highest BCUT2D eigenvalue weighted by Gasteiger charge is 2.14. The lowest BCUT2D eigenvalue weighted by atomic mass is 10.1. The van der Waals surface area contributed by atoms with Crippen molar-refractivity contribution >= 4 is 11.4 Å². The number of anilines is 1. The molecule has 0 aliphatic carbocycles. The van der Waals surface area contributed by atoms with Gasteiger partial charge >= 0.3 is 5.69 Å². The molecule has 0 fully saturated rings. The molecule has 18 heavy (non-hydrogen) atoms. The summed E-state index contributed by atoms with van der Waals surface area (Å²) < 4.78 is 5.01. The number of nitrogens with zero attached hydrogens (tertiary/aromatic N) is 1. The molecule has 2 N–H and O–H groups in total. The van der Waals surface area contributed by atoms with Gasteiger partial charge in [0.2, 0.25) is 0 Å². The second kappa shape index (κ2) is 6.80. The molecule has 0 aromatic heterocycles. The van der Waals surface area contributed by atoms with Crippen LogP contribution in [0, 0.1) is 16.0 Å². The lowest BCUT2D eigenvalue weighted by Gasteiger charge is -2.13. The minimum Gasteiger partial charge on any atom is -0.490 e. The van der Waals surface area contributed by atoms with Crippen LogP contribution in [-0.4, -0.2) is 32.2 Å². The molecule has 1 atom stereocenters. The molecule has 0 aliphatic heterocycles. The van der Waals surface area contributed by atoms with E-state index in [9.17, 15) is 10.1 Å². The summed E-state index contributed by atoms with van der Waals surface area (Å²) in [6.45, 7) is 3.82. The zero-order valence-corrected chi connectivity index (χ0v) is 10.9. The molecule has 6 nitrogen and oxygen atoms in total. The number of hydrogen-bond donors (Lipinski definition) is 2. The van der Waals surface area contributed by atoms with Crippen molar-refractivity contribution in [3.05, 3.63) is 28.3 Å². The fraction of sp³-hybridized carbons (Fsp3) is 0.500. The topological polar surface area (TPSA) is 76.4 Å². The molecule has 1 aromatic carbocycles. The Labute approximate surface area is 106 Å². The van der Waals surface area contributed by atoms with Crippen molar-refractivity contribution < 1.29 is 9.66 Å². The summed E-state index contributed by atoms with van der Waals surface area (Å²) in [5.74, 6) is 0.738. The summed E-state index contributed by atoms with van der Waals surface area (Å²) in [7, 11) is 3.33. The number of rotatable bonds is 7. The largest absolute Gasteiger partial charge is 0.490 e. The van der Waals surface area contributed by atoms with Gasteiger partial charge in [-0.1, -0.05) is 6.92 Å². The molecular formula is C12H19N3O3. The Balaban J connectivity index is 2.71. The number of nitrogens with one attached hydrogen (secondary N) is 2. The van der Waals surface area contributed by atoms with Gasteiger partial charge in [0.25, 0.3) is 0 Å². The van der Waals surface area contributed by atoms with Crippen molar-refractivity contribution in [2.24, 2.45) is 5.92 Å². The van der Waals surface area contributed by atoms with Gasteiger partial charge in [-0.15, -0.1) is 0 Å². The van der Waals surface area contributed by atoms with Crippen LogP contribution in [0.4, 0.5) is 11.4 Å². The molecule has 0 saturated carbocycles. The van der Waals surface area contributed by atoms with Crippen LogP contribution in [0.2, 0.25) is 0 Å². The van der Waals surface area contributed by atoms with Gasteiger partial charge in [-0.2, -0.15) is 0 Å². The number of nitro groups is 1. The van der Waals surface area contributed by atoms with Gasteiger partial charge in [-0.05, 0) is 25.6 Å². The normalized spacial score (nSPS) is 11.9. The molecule has 6 heteroatoms. The average molecular weight is 253 g/mol. The van der Waals surface area contributed by atoms with E-state index in [1.807, 2.05) is 7.05 Å². The Kier molecular flexibility index (Phi) is 5.38. The van der Waals surface area contributed by atoms with E-state index in [4.69, 9.17) is 4.74 Å². The monoisotopic (exact) mass is 253 g/mol. The van der Waals surface area contributed by atoms with E-state index in [-0.39, 0.29) is 11.4 Å². The summed E-state index contributed by atoms with van der Waals surface area (Å²) >= 11 is 0. The molecule has 0 radical (unpaired) electrons. The SMILES string of the molecule is CNCC(C)CNc1ccc([N+](=O)[O-])c(OC)c1. The van der Waals surface area contributed by atoms with Gasteiger partial charge in [-0.25, -0.2) is 0 Å². The Hall–Kier alpha value is -1.82. The Morgan fingerprint density at radius 2 is 2.17 bits per heavy atom. The lowest BCUT2D eigenvalue weighted by Crippen LogP contribution is -2.22. The standard InChI is InChI=1S/C12H19N3O3/c1-9(7-13-2)8-14-10-4-5-11(15(16)17)12(6-10)18-3/h4-6,9,13-14H,7-8H2,1-3H3. The highest BCUT2D eigenvalue weighted by atomic mass is 16.6. The van der Waals surface area contributed by atoms with Crippen molar-refractivity contribution in [3.8, 4) is 5.75 Å². The van der Waals surface area contributed by atoms with Crippen LogP contribution in [0.3, 0.4) is 0 Å². The zero-order chi connectivity index (χ0) is 13.5. The maximum atomic E-state index is 10.7. The molecule has 0 bridgehead atoms. The third kappa shape index (κ3) is 3.89. The number of nitro benzene ring substituents is 1. The fourth-order valence-electron chi connectivity index (χ4n) is 1.65. The maximum absolute atomic E-state index is 10.7. The molecule has 1 unspecified atom stereocenters. The van der Waals surface area contributed by atoms with Crippen LogP contribution >= 0.6 is 0 Å². The fourth-order valence-corrected chi connectivity index (χ4v) is 1.65. The number of hydrogen-bond acceptors (Lipinski definition) is 5. The molecule has 0 aliphatic rings. The summed E-state index contributed by atoms with van der Waals surface area (Å²) in [4.78, 5) is 10.3. The summed E-state index contributed by atoms with van der Waals surface area (Å²) in [6, 6.07) is 4.78. The smallest absolute Gasteiger partial charge is 0.311 e. The predicted octanol–water partition coefficient (Wildman–Crippen LogP) is 1.87. The van der Waals surface area contributed by atoms with Crippen LogP contribution in [0.5, 0.6) is 5.75 Å². The molecular weight excluding hydrogens is 234 g/mol. The third-order valence-corrected chi connectivity index (χ3v) is 2.58. The second-order valence-corrected chi connectivity index (χ2v) is 4.19.